The molecule has 0 radical (unpaired) electrons. The Kier molecular flexibility index (Phi) is 3.79. The molecule has 0 unspecified atom stereocenters. The molecule has 1 aromatic rings. The second kappa shape index (κ2) is 5.52. The number of benzene rings is 1. The van der Waals surface area contributed by atoms with Gasteiger partial charge in [0.2, 0.25) is 0 Å². The summed E-state index contributed by atoms with van der Waals surface area (Å²) in [5.41, 5.74) is 0.930. The topological polar surface area (TPSA) is 57.7 Å². The SMILES string of the molecule is CN1C(=O)C(=C/C=C\c2ccccc2)C(=O)N(C)C1=O. The van der Waals surface area contributed by atoms with Crippen LogP contribution in [0, 0.1) is 0 Å². The number of likely N-dealkylation sites (N-methyl/N-ethyl adjacent to an activating group) is 2. The number of allylic oxidation sites excluding steroid dienone is 2. The molecular formula is C15H14N2O3. The van der Waals surface area contributed by atoms with E-state index in [9.17, 15) is 14.4 Å². The van der Waals surface area contributed by atoms with Crippen LogP contribution in [0.4, 0.5) is 4.79 Å². The van der Waals surface area contributed by atoms with E-state index in [0.29, 0.717) is 0 Å². The number of rotatable bonds is 2. The van der Waals surface area contributed by atoms with Crippen molar-refractivity contribution in [2.75, 3.05) is 14.1 Å². The maximum atomic E-state index is 11.9. The van der Waals surface area contributed by atoms with E-state index in [1.54, 1.807) is 12.2 Å². The van der Waals surface area contributed by atoms with E-state index in [1.807, 2.05) is 30.3 Å². The molecule has 0 aromatic heterocycles. The molecule has 5 heteroatoms. The van der Waals surface area contributed by atoms with Crippen LogP contribution in [0.1, 0.15) is 5.56 Å². The number of carbonyl (C=O) groups excluding carboxylic acids is 3. The highest BCUT2D eigenvalue weighted by atomic mass is 16.2. The second-order valence-electron chi connectivity index (χ2n) is 4.36. The summed E-state index contributed by atoms with van der Waals surface area (Å²) < 4.78 is 0. The zero-order chi connectivity index (χ0) is 14.7. The molecule has 1 aromatic carbocycles. The van der Waals surface area contributed by atoms with Gasteiger partial charge in [0.15, 0.2) is 0 Å². The van der Waals surface area contributed by atoms with Gasteiger partial charge < -0.3 is 0 Å². The molecule has 4 amide bonds. The molecule has 0 atom stereocenters. The van der Waals surface area contributed by atoms with Gasteiger partial charge in [-0.2, -0.15) is 0 Å². The molecule has 1 aliphatic rings. The predicted molar refractivity (Wildman–Crippen MR) is 74.5 cm³/mol. The summed E-state index contributed by atoms with van der Waals surface area (Å²) in [5, 5.41) is 0. The van der Waals surface area contributed by atoms with Crippen molar-refractivity contribution in [2.24, 2.45) is 0 Å². The predicted octanol–water partition coefficient (Wildman–Crippen LogP) is 1.68. The average Bonchev–Trinajstić information content (AvgIpc) is 2.48. The van der Waals surface area contributed by atoms with Crippen molar-refractivity contribution in [1.82, 2.24) is 9.80 Å². The van der Waals surface area contributed by atoms with E-state index in [2.05, 4.69) is 0 Å². The molecule has 0 N–H and O–H groups in total. The van der Waals surface area contributed by atoms with Gasteiger partial charge in [0.1, 0.15) is 5.57 Å². The van der Waals surface area contributed by atoms with Crippen molar-refractivity contribution in [1.29, 1.82) is 0 Å². The van der Waals surface area contributed by atoms with E-state index < -0.39 is 17.8 Å². The van der Waals surface area contributed by atoms with Gasteiger partial charge in [-0.1, -0.05) is 42.5 Å². The Morgan fingerprint density at radius 1 is 0.900 bits per heavy atom. The van der Waals surface area contributed by atoms with Crippen LogP contribution in [0.25, 0.3) is 6.08 Å². The molecule has 1 heterocycles. The van der Waals surface area contributed by atoms with Crippen molar-refractivity contribution in [3.8, 4) is 0 Å². The molecule has 1 fully saturated rings. The number of urea groups is 1. The zero-order valence-electron chi connectivity index (χ0n) is 11.2. The smallest absolute Gasteiger partial charge is 0.268 e. The summed E-state index contributed by atoms with van der Waals surface area (Å²) >= 11 is 0. The minimum Gasteiger partial charge on any atom is -0.268 e. The van der Waals surface area contributed by atoms with Crippen LogP contribution in [0.15, 0.2) is 48.1 Å². The molecule has 20 heavy (non-hydrogen) atoms. The first kappa shape index (κ1) is 13.7. The summed E-state index contributed by atoms with van der Waals surface area (Å²) in [7, 11) is 2.70. The van der Waals surface area contributed by atoms with Gasteiger partial charge in [-0.05, 0) is 11.6 Å². The molecule has 102 valence electrons. The van der Waals surface area contributed by atoms with Gasteiger partial charge in [-0.15, -0.1) is 0 Å². The lowest BCUT2D eigenvalue weighted by Gasteiger charge is -2.28. The third kappa shape index (κ3) is 2.51. The normalized spacial score (nSPS) is 16.3. The van der Waals surface area contributed by atoms with Crippen molar-refractivity contribution in [3.05, 3.63) is 53.6 Å². The van der Waals surface area contributed by atoms with Crippen molar-refractivity contribution >= 4 is 23.9 Å². The molecule has 0 spiro atoms. The number of hydrogen-bond donors (Lipinski definition) is 0. The summed E-state index contributed by atoms with van der Waals surface area (Å²) in [5.74, 6) is -1.17. The zero-order valence-corrected chi connectivity index (χ0v) is 11.2. The first-order valence-electron chi connectivity index (χ1n) is 6.06. The van der Waals surface area contributed by atoms with Crippen molar-refractivity contribution < 1.29 is 14.4 Å². The number of nitrogens with zero attached hydrogens (tertiary/aromatic N) is 2. The van der Waals surface area contributed by atoms with Crippen LogP contribution < -0.4 is 0 Å². The lowest BCUT2D eigenvalue weighted by Crippen LogP contribution is -2.52. The summed E-state index contributed by atoms with van der Waals surface area (Å²) in [4.78, 5) is 37.2. The van der Waals surface area contributed by atoms with Gasteiger partial charge in [0, 0.05) is 14.1 Å². The number of hydrogen-bond acceptors (Lipinski definition) is 3. The summed E-state index contributed by atoms with van der Waals surface area (Å²) in [6.45, 7) is 0. The standard InChI is InChI=1S/C15H14N2O3/c1-16-13(18)12(14(19)17(2)15(16)20)10-6-9-11-7-4-3-5-8-11/h3-10H,1-2H3/b9-6-. The van der Waals surface area contributed by atoms with Gasteiger partial charge in [0.05, 0.1) is 0 Å². The Morgan fingerprint density at radius 3 is 2.00 bits per heavy atom. The Morgan fingerprint density at radius 2 is 1.45 bits per heavy atom. The Hall–Kier alpha value is -2.69. The minimum atomic E-state index is -0.621. The van der Waals surface area contributed by atoms with Gasteiger partial charge >= 0.3 is 6.03 Å². The lowest BCUT2D eigenvalue weighted by molar-refractivity contribution is -0.134. The van der Waals surface area contributed by atoms with Gasteiger partial charge in [0.25, 0.3) is 11.8 Å². The first-order chi connectivity index (χ1) is 9.52. The average molecular weight is 270 g/mol. The third-order valence-corrected chi connectivity index (χ3v) is 3.00. The molecule has 5 nitrogen and oxygen atoms in total. The van der Waals surface area contributed by atoms with Crippen LogP contribution in [0.5, 0.6) is 0 Å². The summed E-state index contributed by atoms with van der Waals surface area (Å²) in [6.07, 6.45) is 4.83. The fourth-order valence-electron chi connectivity index (χ4n) is 1.81. The van der Waals surface area contributed by atoms with E-state index in [4.69, 9.17) is 0 Å². The quantitative estimate of drug-likeness (QED) is 0.607. The number of carbonyl (C=O) groups is 3. The highest BCUT2D eigenvalue weighted by Gasteiger charge is 2.37. The number of imide groups is 2. The maximum Gasteiger partial charge on any atom is 0.333 e. The van der Waals surface area contributed by atoms with Crippen LogP contribution in [-0.2, 0) is 9.59 Å². The van der Waals surface area contributed by atoms with E-state index >= 15 is 0 Å². The van der Waals surface area contributed by atoms with Gasteiger partial charge in [-0.25, -0.2) is 4.79 Å². The lowest BCUT2D eigenvalue weighted by atomic mass is 10.1. The molecule has 0 saturated carbocycles. The van der Waals surface area contributed by atoms with Crippen LogP contribution >= 0.6 is 0 Å². The second-order valence-corrected chi connectivity index (χ2v) is 4.36. The molecule has 1 aliphatic heterocycles. The Labute approximate surface area is 116 Å². The van der Waals surface area contributed by atoms with Gasteiger partial charge in [-0.3, -0.25) is 19.4 Å². The monoisotopic (exact) mass is 270 g/mol. The largest absolute Gasteiger partial charge is 0.333 e. The van der Waals surface area contributed by atoms with Crippen molar-refractivity contribution in [2.45, 2.75) is 0 Å². The molecular weight excluding hydrogens is 256 g/mol. The fourth-order valence-corrected chi connectivity index (χ4v) is 1.81. The van der Waals surface area contributed by atoms with E-state index in [-0.39, 0.29) is 5.57 Å². The molecule has 1 saturated heterocycles. The molecule has 2 rings (SSSR count). The fraction of sp³-hybridized carbons (Fsp3) is 0.133. The van der Waals surface area contributed by atoms with E-state index in [0.717, 1.165) is 15.4 Å². The number of amides is 4. The maximum absolute atomic E-state index is 11.9. The van der Waals surface area contributed by atoms with Crippen LogP contribution in [-0.4, -0.2) is 41.7 Å². The molecule has 0 aliphatic carbocycles. The Bertz CT molecular complexity index is 591. The van der Waals surface area contributed by atoms with Crippen molar-refractivity contribution in [3.63, 3.8) is 0 Å². The highest BCUT2D eigenvalue weighted by molar-refractivity contribution is 6.28. The molecule has 0 bridgehead atoms. The van der Waals surface area contributed by atoms with Crippen LogP contribution in [0.3, 0.4) is 0 Å². The summed E-state index contributed by atoms with van der Waals surface area (Å²) in [6, 6.07) is 8.87. The highest BCUT2D eigenvalue weighted by Crippen LogP contribution is 2.14. The van der Waals surface area contributed by atoms with E-state index in [1.165, 1.54) is 20.2 Å². The third-order valence-electron chi connectivity index (χ3n) is 3.00. The first-order valence-corrected chi connectivity index (χ1v) is 6.06. The van der Waals surface area contributed by atoms with Crippen LogP contribution in [0.2, 0.25) is 0 Å². The Balaban J connectivity index is 2.24. The minimum absolute atomic E-state index is 0.0261. The number of barbiturate groups is 1.